The molecule has 6 heteroatoms. The molecular weight excluding hydrogens is 318 g/mol. The van der Waals surface area contributed by atoms with Crippen LogP contribution in [0, 0.1) is 5.92 Å². The van der Waals surface area contributed by atoms with Crippen LogP contribution in [0.1, 0.15) is 39.5 Å². The van der Waals surface area contributed by atoms with Gasteiger partial charge < -0.3 is 5.32 Å². The van der Waals surface area contributed by atoms with Crippen LogP contribution in [0.25, 0.3) is 0 Å². The van der Waals surface area contributed by atoms with Crippen LogP contribution in [-0.4, -0.2) is 36.7 Å². The van der Waals surface area contributed by atoms with Crippen molar-refractivity contribution in [2.45, 2.75) is 50.3 Å². The summed E-state index contributed by atoms with van der Waals surface area (Å²) < 4.78 is 21.9. The summed E-state index contributed by atoms with van der Waals surface area (Å²) in [5.41, 5.74) is 0. The highest BCUT2D eigenvalue weighted by Gasteiger charge is 2.40. The van der Waals surface area contributed by atoms with Gasteiger partial charge in [0, 0.05) is 17.6 Å². The fourth-order valence-corrected chi connectivity index (χ4v) is 3.26. The molecule has 2 unspecified atom stereocenters. The van der Waals surface area contributed by atoms with Gasteiger partial charge >= 0.3 is 0 Å². The van der Waals surface area contributed by atoms with Gasteiger partial charge in [-0.25, -0.2) is 8.42 Å². The number of hydrogen-bond acceptors (Lipinski definition) is 3. The number of alkyl halides is 1. The number of sulfone groups is 1. The van der Waals surface area contributed by atoms with E-state index < -0.39 is 14.6 Å². The zero-order valence-electron chi connectivity index (χ0n) is 11.2. The summed E-state index contributed by atoms with van der Waals surface area (Å²) in [6, 6.07) is 0.0895. The molecule has 1 amide bonds. The smallest absolute Gasteiger partial charge is 0.241 e. The molecular formula is C12H22BrNO3S. The number of carbonyl (C=O) groups excluding carboxylic acids is 1. The molecule has 2 atom stereocenters. The zero-order chi connectivity index (χ0) is 14.0. The third-order valence-electron chi connectivity index (χ3n) is 3.90. The Kier molecular flexibility index (Phi) is 5.23. The Morgan fingerprint density at radius 1 is 1.33 bits per heavy atom. The summed E-state index contributed by atoms with van der Waals surface area (Å²) in [7, 11) is -3.40. The minimum atomic E-state index is -3.40. The Balaban J connectivity index is 2.75. The van der Waals surface area contributed by atoms with Crippen molar-refractivity contribution in [1.82, 2.24) is 5.32 Å². The molecule has 0 aromatic heterocycles. The Labute approximate surface area is 118 Å². The Morgan fingerprint density at radius 2 is 1.89 bits per heavy atom. The summed E-state index contributed by atoms with van der Waals surface area (Å²) in [6.07, 6.45) is 5.39. The second-order valence-corrected chi connectivity index (χ2v) is 8.77. The summed E-state index contributed by atoms with van der Waals surface area (Å²) in [4.78, 5) is 12.1. The van der Waals surface area contributed by atoms with E-state index in [4.69, 9.17) is 0 Å². The highest BCUT2D eigenvalue weighted by atomic mass is 79.9. The van der Waals surface area contributed by atoms with Gasteiger partial charge in [-0.15, -0.1) is 0 Å². The van der Waals surface area contributed by atoms with Gasteiger partial charge in [0.1, 0.15) is 4.75 Å². The molecule has 1 fully saturated rings. The molecule has 1 aliphatic rings. The summed E-state index contributed by atoms with van der Waals surface area (Å²) in [5.74, 6) is 0.0147. The molecule has 0 spiro atoms. The number of hydrogen-bond donors (Lipinski definition) is 1. The zero-order valence-corrected chi connectivity index (χ0v) is 13.6. The van der Waals surface area contributed by atoms with Crippen LogP contribution in [-0.2, 0) is 14.6 Å². The van der Waals surface area contributed by atoms with E-state index in [2.05, 4.69) is 21.2 Å². The largest absolute Gasteiger partial charge is 0.352 e. The fraction of sp³-hybridized carbons (Fsp3) is 0.917. The monoisotopic (exact) mass is 339 g/mol. The van der Waals surface area contributed by atoms with Gasteiger partial charge in [0.25, 0.3) is 0 Å². The van der Waals surface area contributed by atoms with E-state index in [0.717, 1.165) is 30.8 Å². The molecule has 0 radical (unpaired) electrons. The normalized spacial score (nSPS) is 25.8. The lowest BCUT2D eigenvalue weighted by atomic mass is 9.85. The van der Waals surface area contributed by atoms with Crippen LogP contribution in [0.5, 0.6) is 0 Å². The molecule has 0 aromatic carbocycles. The molecule has 18 heavy (non-hydrogen) atoms. The maximum absolute atomic E-state index is 12.1. The minimum absolute atomic E-state index is 0.0895. The molecule has 1 N–H and O–H groups in total. The summed E-state index contributed by atoms with van der Waals surface area (Å²) >= 11 is 3.46. The van der Waals surface area contributed by atoms with Crippen LogP contribution in [0.2, 0.25) is 0 Å². The first kappa shape index (κ1) is 16.0. The quantitative estimate of drug-likeness (QED) is 0.795. The van der Waals surface area contributed by atoms with E-state index >= 15 is 0 Å². The van der Waals surface area contributed by atoms with E-state index in [-0.39, 0.29) is 11.9 Å². The molecule has 0 heterocycles. The van der Waals surface area contributed by atoms with Crippen LogP contribution >= 0.6 is 15.9 Å². The average Bonchev–Trinajstić information content (AvgIpc) is 2.28. The lowest BCUT2D eigenvalue weighted by Crippen LogP contribution is -2.53. The van der Waals surface area contributed by atoms with Crippen molar-refractivity contribution < 1.29 is 13.2 Å². The maximum atomic E-state index is 12.1. The number of rotatable bonds is 4. The van der Waals surface area contributed by atoms with Crippen molar-refractivity contribution in [2.24, 2.45) is 5.92 Å². The van der Waals surface area contributed by atoms with Crippen LogP contribution < -0.4 is 5.32 Å². The first-order chi connectivity index (χ1) is 8.20. The third kappa shape index (κ3) is 3.47. The van der Waals surface area contributed by atoms with Gasteiger partial charge in [-0.05, 0) is 32.6 Å². The molecule has 1 saturated carbocycles. The minimum Gasteiger partial charge on any atom is -0.352 e. The maximum Gasteiger partial charge on any atom is 0.241 e. The number of amides is 1. The lowest BCUT2D eigenvalue weighted by molar-refractivity contribution is -0.124. The van der Waals surface area contributed by atoms with Gasteiger partial charge in [0.2, 0.25) is 5.91 Å². The van der Waals surface area contributed by atoms with Gasteiger partial charge in [-0.1, -0.05) is 28.8 Å². The predicted octanol–water partition coefficient (Wildman–Crippen LogP) is 1.88. The molecule has 106 valence electrons. The standard InChI is InChI=1S/C12H22BrNO3S/c1-12(2,18(3,16)17)11(15)14-10-7-5-4-6-9(10)8-13/h9-10H,4-8H2,1-3H3,(H,14,15). The van der Waals surface area contributed by atoms with Crippen molar-refractivity contribution in [3.63, 3.8) is 0 Å². The van der Waals surface area contributed by atoms with E-state index in [0.29, 0.717) is 5.92 Å². The Morgan fingerprint density at radius 3 is 2.39 bits per heavy atom. The first-order valence-electron chi connectivity index (χ1n) is 6.26. The van der Waals surface area contributed by atoms with E-state index in [1.807, 2.05) is 0 Å². The number of halogens is 1. The van der Waals surface area contributed by atoms with Crippen LogP contribution in [0.15, 0.2) is 0 Å². The summed E-state index contributed by atoms with van der Waals surface area (Å²) in [6.45, 7) is 2.92. The highest BCUT2D eigenvalue weighted by molar-refractivity contribution is 9.09. The van der Waals surface area contributed by atoms with E-state index in [1.165, 1.54) is 20.3 Å². The van der Waals surface area contributed by atoms with Crippen LogP contribution in [0.3, 0.4) is 0 Å². The van der Waals surface area contributed by atoms with Crippen molar-refractivity contribution in [3.8, 4) is 0 Å². The predicted molar refractivity (Wildman–Crippen MR) is 76.6 cm³/mol. The second kappa shape index (κ2) is 5.90. The van der Waals surface area contributed by atoms with Crippen molar-refractivity contribution in [1.29, 1.82) is 0 Å². The molecule has 1 aliphatic carbocycles. The Bertz CT molecular complexity index is 406. The molecule has 1 rings (SSSR count). The molecule has 4 nitrogen and oxygen atoms in total. The number of carbonyl (C=O) groups is 1. The van der Waals surface area contributed by atoms with Crippen molar-refractivity contribution >= 4 is 31.7 Å². The lowest BCUT2D eigenvalue weighted by Gasteiger charge is -2.33. The van der Waals surface area contributed by atoms with Gasteiger partial charge in [-0.3, -0.25) is 4.79 Å². The van der Waals surface area contributed by atoms with E-state index in [1.54, 1.807) is 0 Å². The van der Waals surface area contributed by atoms with Gasteiger partial charge in [-0.2, -0.15) is 0 Å². The fourth-order valence-electron chi connectivity index (χ4n) is 2.09. The van der Waals surface area contributed by atoms with Crippen molar-refractivity contribution in [2.75, 3.05) is 11.6 Å². The van der Waals surface area contributed by atoms with Gasteiger partial charge in [0.05, 0.1) is 0 Å². The number of nitrogens with one attached hydrogen (secondary N) is 1. The first-order valence-corrected chi connectivity index (χ1v) is 9.28. The second-order valence-electron chi connectivity index (χ2n) is 5.56. The topological polar surface area (TPSA) is 63.2 Å². The summed E-state index contributed by atoms with van der Waals surface area (Å²) in [5, 5.41) is 3.76. The molecule has 0 bridgehead atoms. The molecule has 0 saturated heterocycles. The van der Waals surface area contributed by atoms with Gasteiger partial charge in [0.15, 0.2) is 9.84 Å². The SMILES string of the molecule is CC(C)(C(=O)NC1CCCCC1CBr)S(C)(=O)=O. The molecule has 0 aromatic rings. The average molecular weight is 340 g/mol. The highest BCUT2D eigenvalue weighted by Crippen LogP contribution is 2.27. The van der Waals surface area contributed by atoms with Crippen molar-refractivity contribution in [3.05, 3.63) is 0 Å². The third-order valence-corrected chi connectivity index (χ3v) is 6.77. The molecule has 0 aliphatic heterocycles. The van der Waals surface area contributed by atoms with E-state index in [9.17, 15) is 13.2 Å². The van der Waals surface area contributed by atoms with Crippen LogP contribution in [0.4, 0.5) is 0 Å². The Hall–Kier alpha value is -0.100.